The highest BCUT2D eigenvalue weighted by molar-refractivity contribution is 14.0. The second-order valence-corrected chi connectivity index (χ2v) is 6.84. The molecule has 0 fully saturated rings. The van der Waals surface area contributed by atoms with Gasteiger partial charge in [0.05, 0.1) is 11.4 Å². The Labute approximate surface area is 190 Å². The first-order valence-corrected chi connectivity index (χ1v) is 9.78. The molecule has 0 bridgehead atoms. The zero-order valence-corrected chi connectivity index (χ0v) is 19.7. The van der Waals surface area contributed by atoms with Gasteiger partial charge in [0.25, 0.3) is 0 Å². The second kappa shape index (κ2) is 11.6. The molecule has 2 aromatic carbocycles. The maximum atomic E-state index is 4.71. The number of nitrogens with one attached hydrogen (secondary N) is 2. The summed E-state index contributed by atoms with van der Waals surface area (Å²) in [7, 11) is 1.81. The van der Waals surface area contributed by atoms with Gasteiger partial charge in [0.2, 0.25) is 0 Å². The number of nitrogens with zero attached hydrogens (tertiary/aromatic N) is 3. The molecule has 0 aliphatic rings. The third-order valence-corrected chi connectivity index (χ3v) is 4.88. The Bertz CT molecular complexity index is 904. The van der Waals surface area contributed by atoms with E-state index < -0.39 is 0 Å². The van der Waals surface area contributed by atoms with Gasteiger partial charge in [-0.2, -0.15) is 5.10 Å². The Kier molecular flexibility index (Phi) is 9.18. The molecule has 3 rings (SSSR count). The molecule has 0 spiro atoms. The van der Waals surface area contributed by atoms with Crippen molar-refractivity contribution in [2.45, 2.75) is 33.2 Å². The molecule has 2 N–H and O–H groups in total. The molecule has 0 amide bonds. The summed E-state index contributed by atoms with van der Waals surface area (Å²) >= 11 is 0. The average molecular weight is 503 g/mol. The van der Waals surface area contributed by atoms with E-state index in [9.17, 15) is 0 Å². The van der Waals surface area contributed by atoms with Crippen LogP contribution in [0.3, 0.4) is 0 Å². The summed E-state index contributed by atoms with van der Waals surface area (Å²) in [6, 6.07) is 20.8. The minimum atomic E-state index is 0. The van der Waals surface area contributed by atoms with Gasteiger partial charge in [-0.3, -0.25) is 4.99 Å². The van der Waals surface area contributed by atoms with E-state index in [1.807, 2.05) is 22.9 Å². The van der Waals surface area contributed by atoms with Crippen LogP contribution < -0.4 is 10.6 Å². The van der Waals surface area contributed by atoms with Crippen molar-refractivity contribution in [2.24, 2.45) is 4.99 Å². The highest BCUT2D eigenvalue weighted by atomic mass is 127. The first kappa shape index (κ1) is 22.9. The molecule has 0 aliphatic carbocycles. The number of rotatable bonds is 7. The van der Waals surface area contributed by atoms with Gasteiger partial charge in [0.15, 0.2) is 5.96 Å². The normalized spacial score (nSPS) is 11.1. The summed E-state index contributed by atoms with van der Waals surface area (Å²) in [4.78, 5) is 4.34. The molecular formula is C23H30IN5. The third kappa shape index (κ3) is 6.32. The number of halogens is 1. The summed E-state index contributed by atoms with van der Waals surface area (Å²) in [5.74, 6) is 0.819. The van der Waals surface area contributed by atoms with E-state index in [-0.39, 0.29) is 24.0 Å². The van der Waals surface area contributed by atoms with Crippen LogP contribution >= 0.6 is 24.0 Å². The highest BCUT2D eigenvalue weighted by Gasteiger charge is 2.13. The number of aliphatic imine (C=N–C) groups is 1. The minimum Gasteiger partial charge on any atom is -0.356 e. The van der Waals surface area contributed by atoms with Gasteiger partial charge < -0.3 is 10.6 Å². The number of guanidine groups is 1. The summed E-state index contributed by atoms with van der Waals surface area (Å²) in [5.41, 5.74) is 5.84. The topological polar surface area (TPSA) is 54.2 Å². The number of hydrogen-bond donors (Lipinski definition) is 2. The van der Waals surface area contributed by atoms with Gasteiger partial charge in [-0.1, -0.05) is 48.5 Å². The zero-order chi connectivity index (χ0) is 19.8. The molecule has 0 unspecified atom stereocenters. The molecule has 154 valence electrons. The Morgan fingerprint density at radius 1 is 0.966 bits per heavy atom. The molecule has 0 atom stereocenters. The first-order chi connectivity index (χ1) is 13.7. The van der Waals surface area contributed by atoms with Crippen molar-refractivity contribution >= 4 is 29.9 Å². The van der Waals surface area contributed by atoms with Crippen LogP contribution in [-0.4, -0.2) is 29.3 Å². The molecule has 1 aromatic heterocycles. The summed E-state index contributed by atoms with van der Waals surface area (Å²) in [6.45, 7) is 5.75. The van der Waals surface area contributed by atoms with E-state index in [2.05, 4.69) is 71.9 Å². The monoisotopic (exact) mass is 503 g/mol. The maximum absolute atomic E-state index is 4.71. The molecule has 5 nitrogen and oxygen atoms in total. The number of hydrogen-bond acceptors (Lipinski definition) is 2. The van der Waals surface area contributed by atoms with Crippen molar-refractivity contribution < 1.29 is 0 Å². The van der Waals surface area contributed by atoms with E-state index in [4.69, 9.17) is 5.10 Å². The Morgan fingerprint density at radius 2 is 1.62 bits per heavy atom. The van der Waals surface area contributed by atoms with Gasteiger partial charge >= 0.3 is 0 Å². The van der Waals surface area contributed by atoms with E-state index in [0.29, 0.717) is 6.54 Å². The van der Waals surface area contributed by atoms with Crippen molar-refractivity contribution in [3.8, 4) is 5.69 Å². The number of para-hydroxylation sites is 1. The van der Waals surface area contributed by atoms with Crippen LogP contribution in [-0.2, 0) is 13.0 Å². The smallest absolute Gasteiger partial charge is 0.191 e. The lowest BCUT2D eigenvalue weighted by atomic mass is 10.1. The average Bonchev–Trinajstić information content (AvgIpc) is 3.02. The van der Waals surface area contributed by atoms with Crippen molar-refractivity contribution in [3.63, 3.8) is 0 Å². The van der Waals surface area contributed by atoms with Crippen LogP contribution in [0.4, 0.5) is 0 Å². The van der Waals surface area contributed by atoms with Gasteiger partial charge in [0, 0.05) is 31.4 Å². The fourth-order valence-electron chi connectivity index (χ4n) is 3.29. The second-order valence-electron chi connectivity index (χ2n) is 6.84. The van der Waals surface area contributed by atoms with Crippen molar-refractivity contribution in [2.75, 3.05) is 13.6 Å². The van der Waals surface area contributed by atoms with Gasteiger partial charge in [-0.05, 0) is 44.4 Å². The Hall–Kier alpha value is -2.35. The van der Waals surface area contributed by atoms with Crippen LogP contribution in [0.1, 0.15) is 28.9 Å². The summed E-state index contributed by atoms with van der Waals surface area (Å²) in [5, 5.41) is 11.5. The molecular weight excluding hydrogens is 473 g/mol. The fraction of sp³-hybridized carbons (Fsp3) is 0.304. The molecule has 0 saturated heterocycles. The number of benzene rings is 2. The van der Waals surface area contributed by atoms with Crippen molar-refractivity contribution in [1.82, 2.24) is 20.4 Å². The molecule has 1 heterocycles. The lowest BCUT2D eigenvalue weighted by Crippen LogP contribution is -2.37. The quantitative estimate of drug-likeness (QED) is 0.218. The van der Waals surface area contributed by atoms with Crippen LogP contribution in [0.15, 0.2) is 65.7 Å². The third-order valence-electron chi connectivity index (χ3n) is 4.88. The largest absolute Gasteiger partial charge is 0.356 e. The lowest BCUT2D eigenvalue weighted by Gasteiger charge is -2.12. The van der Waals surface area contributed by atoms with E-state index in [1.54, 1.807) is 7.05 Å². The van der Waals surface area contributed by atoms with Crippen LogP contribution in [0.25, 0.3) is 5.69 Å². The van der Waals surface area contributed by atoms with Crippen LogP contribution in [0, 0.1) is 13.8 Å². The van der Waals surface area contributed by atoms with E-state index in [1.165, 1.54) is 11.1 Å². The molecule has 0 aliphatic heterocycles. The van der Waals surface area contributed by atoms with Crippen LogP contribution in [0.2, 0.25) is 0 Å². The SMILES string of the molecule is CN=C(NCCCc1ccccc1)NCc1c(C)nn(-c2ccccc2)c1C.I. The van der Waals surface area contributed by atoms with E-state index >= 15 is 0 Å². The Balaban J connectivity index is 0.00000300. The van der Waals surface area contributed by atoms with Crippen molar-refractivity contribution in [1.29, 1.82) is 0 Å². The molecule has 0 radical (unpaired) electrons. The molecule has 3 aromatic rings. The minimum absolute atomic E-state index is 0. The fourth-order valence-corrected chi connectivity index (χ4v) is 3.29. The van der Waals surface area contributed by atoms with Gasteiger partial charge in [-0.15, -0.1) is 24.0 Å². The predicted molar refractivity (Wildman–Crippen MR) is 131 cm³/mol. The summed E-state index contributed by atoms with van der Waals surface area (Å²) < 4.78 is 2.00. The number of aromatic nitrogens is 2. The van der Waals surface area contributed by atoms with Gasteiger partial charge in [0.1, 0.15) is 0 Å². The molecule has 0 saturated carbocycles. The predicted octanol–water partition coefficient (Wildman–Crippen LogP) is 4.40. The van der Waals surface area contributed by atoms with Gasteiger partial charge in [-0.25, -0.2) is 4.68 Å². The Morgan fingerprint density at radius 3 is 2.28 bits per heavy atom. The molecule has 6 heteroatoms. The lowest BCUT2D eigenvalue weighted by molar-refractivity contribution is 0.740. The standard InChI is InChI=1S/C23H29N5.HI/c1-18-22(19(2)28(27-18)21-14-8-5-9-15-21)17-26-23(24-3)25-16-10-13-20-11-6-4-7-12-20;/h4-9,11-12,14-15H,10,13,16-17H2,1-3H3,(H2,24,25,26);1H. The maximum Gasteiger partial charge on any atom is 0.191 e. The zero-order valence-electron chi connectivity index (χ0n) is 17.4. The first-order valence-electron chi connectivity index (χ1n) is 9.78. The number of aryl methyl sites for hydroxylation is 2. The summed E-state index contributed by atoms with van der Waals surface area (Å²) in [6.07, 6.45) is 2.13. The highest BCUT2D eigenvalue weighted by Crippen LogP contribution is 2.17. The van der Waals surface area contributed by atoms with E-state index in [0.717, 1.165) is 42.4 Å². The molecule has 29 heavy (non-hydrogen) atoms. The van der Waals surface area contributed by atoms with Crippen molar-refractivity contribution in [3.05, 3.63) is 83.2 Å². The van der Waals surface area contributed by atoms with Crippen LogP contribution in [0.5, 0.6) is 0 Å².